The fraction of sp³-hybridized carbons (Fsp3) is 0.391. The van der Waals surface area contributed by atoms with E-state index < -0.39 is 12.0 Å². The molecule has 3 heterocycles. The highest BCUT2D eigenvalue weighted by atomic mass is 35.5. The van der Waals surface area contributed by atoms with Crippen molar-refractivity contribution < 1.29 is 14.6 Å². The molecular formula is C23H27ClN4O3. The van der Waals surface area contributed by atoms with Gasteiger partial charge in [-0.3, -0.25) is 19.6 Å². The lowest BCUT2D eigenvalue weighted by atomic mass is 10.0. The van der Waals surface area contributed by atoms with Crippen LogP contribution in [-0.2, 0) is 11.3 Å². The summed E-state index contributed by atoms with van der Waals surface area (Å²) in [6.07, 6.45) is 3.64. The second-order valence-electron chi connectivity index (χ2n) is 8.03. The third kappa shape index (κ3) is 4.26. The van der Waals surface area contributed by atoms with Crippen LogP contribution in [0.1, 0.15) is 28.4 Å². The Morgan fingerprint density at radius 2 is 2.03 bits per heavy atom. The monoisotopic (exact) mass is 442 g/mol. The van der Waals surface area contributed by atoms with Crippen LogP contribution in [0.2, 0.25) is 5.02 Å². The van der Waals surface area contributed by atoms with Gasteiger partial charge in [0.25, 0.3) is 0 Å². The number of carboxylic acids is 1. The molecule has 31 heavy (non-hydrogen) atoms. The van der Waals surface area contributed by atoms with Gasteiger partial charge in [-0.25, -0.2) is 0 Å². The van der Waals surface area contributed by atoms with E-state index in [1.165, 1.54) is 0 Å². The number of pyridine rings is 1. The van der Waals surface area contributed by atoms with Crippen LogP contribution in [0.4, 0.5) is 0 Å². The standard InChI is InChI=1S/C23H27ClN4O3/c1-14-11-25-20(15(2)22(14)31-3)13-27-6-8-28(9-7-27)21(23(29)30)18-12-26-19-5-4-16(24)10-17(18)19/h4-5,10-12,21,26H,6-9,13H2,1-3H3,(H,29,30)/t21-/m1/s1. The molecule has 1 fully saturated rings. The summed E-state index contributed by atoms with van der Waals surface area (Å²) in [5, 5.41) is 11.5. The molecule has 164 valence electrons. The second-order valence-corrected chi connectivity index (χ2v) is 8.47. The maximum atomic E-state index is 12.2. The Morgan fingerprint density at radius 3 is 2.71 bits per heavy atom. The third-order valence-corrected chi connectivity index (χ3v) is 6.33. The van der Waals surface area contributed by atoms with Gasteiger partial charge in [-0.1, -0.05) is 11.6 Å². The van der Waals surface area contributed by atoms with E-state index in [4.69, 9.17) is 16.3 Å². The van der Waals surface area contributed by atoms with Gasteiger partial charge in [0.05, 0.1) is 12.8 Å². The Morgan fingerprint density at radius 1 is 1.29 bits per heavy atom. The van der Waals surface area contributed by atoms with Crippen LogP contribution in [0.3, 0.4) is 0 Å². The molecule has 0 spiro atoms. The molecule has 2 aromatic heterocycles. The molecule has 8 heteroatoms. The first-order valence-electron chi connectivity index (χ1n) is 10.3. The van der Waals surface area contributed by atoms with E-state index in [0.717, 1.165) is 58.7 Å². The highest BCUT2D eigenvalue weighted by Crippen LogP contribution is 2.31. The first-order valence-corrected chi connectivity index (χ1v) is 10.7. The molecule has 1 aliphatic rings. The predicted molar refractivity (Wildman–Crippen MR) is 121 cm³/mol. The van der Waals surface area contributed by atoms with E-state index in [-0.39, 0.29) is 0 Å². The summed E-state index contributed by atoms with van der Waals surface area (Å²) >= 11 is 6.16. The Balaban J connectivity index is 1.49. The van der Waals surface area contributed by atoms with Crippen molar-refractivity contribution in [2.24, 2.45) is 0 Å². The molecule has 1 atom stereocenters. The summed E-state index contributed by atoms with van der Waals surface area (Å²) in [6.45, 7) is 7.60. The molecule has 0 aliphatic carbocycles. The van der Waals surface area contributed by atoms with Gasteiger partial charge in [-0.2, -0.15) is 0 Å². The molecule has 1 aliphatic heterocycles. The summed E-state index contributed by atoms with van der Waals surface area (Å²) in [5.74, 6) is 0.0303. The second kappa shape index (κ2) is 8.86. The van der Waals surface area contributed by atoms with E-state index in [0.29, 0.717) is 18.1 Å². The normalized spacial score (nSPS) is 16.5. The number of aromatic nitrogens is 2. The molecule has 0 radical (unpaired) electrons. The van der Waals surface area contributed by atoms with Crippen LogP contribution in [0, 0.1) is 13.8 Å². The summed E-state index contributed by atoms with van der Waals surface area (Å²) < 4.78 is 5.52. The van der Waals surface area contributed by atoms with Crippen LogP contribution in [0.5, 0.6) is 5.75 Å². The molecule has 0 saturated carbocycles. The number of fused-ring (bicyclic) bond motifs is 1. The van der Waals surface area contributed by atoms with E-state index in [9.17, 15) is 9.90 Å². The maximum Gasteiger partial charge on any atom is 0.325 e. The maximum absolute atomic E-state index is 12.2. The van der Waals surface area contributed by atoms with Gasteiger partial charge in [-0.05, 0) is 32.0 Å². The Labute approximate surface area is 186 Å². The fourth-order valence-electron chi connectivity index (χ4n) is 4.45. The number of methoxy groups -OCH3 is 1. The topological polar surface area (TPSA) is 81.7 Å². The zero-order chi connectivity index (χ0) is 22.1. The largest absolute Gasteiger partial charge is 0.496 e. The lowest BCUT2D eigenvalue weighted by Gasteiger charge is -2.37. The number of aliphatic carboxylic acids is 1. The number of nitrogens with zero attached hydrogens (tertiary/aromatic N) is 3. The first-order chi connectivity index (χ1) is 14.9. The van der Waals surface area contributed by atoms with Crippen molar-refractivity contribution in [3.63, 3.8) is 0 Å². The van der Waals surface area contributed by atoms with Gasteiger partial charge in [0.15, 0.2) is 0 Å². The lowest BCUT2D eigenvalue weighted by Crippen LogP contribution is -2.49. The minimum Gasteiger partial charge on any atom is -0.496 e. The van der Waals surface area contributed by atoms with Crippen molar-refractivity contribution >= 4 is 28.5 Å². The molecule has 1 saturated heterocycles. The molecule has 7 nitrogen and oxygen atoms in total. The number of rotatable bonds is 6. The number of hydrogen-bond acceptors (Lipinski definition) is 5. The molecule has 2 N–H and O–H groups in total. The number of aryl methyl sites for hydroxylation is 1. The molecule has 1 aromatic carbocycles. The number of aromatic amines is 1. The zero-order valence-electron chi connectivity index (χ0n) is 18.0. The van der Waals surface area contributed by atoms with E-state index >= 15 is 0 Å². The number of benzene rings is 1. The molecule has 3 aromatic rings. The van der Waals surface area contributed by atoms with Gasteiger partial charge >= 0.3 is 5.97 Å². The van der Waals surface area contributed by atoms with Gasteiger partial charge < -0.3 is 14.8 Å². The van der Waals surface area contributed by atoms with Crippen molar-refractivity contribution in [3.05, 3.63) is 58.0 Å². The lowest BCUT2D eigenvalue weighted by molar-refractivity contribution is -0.144. The third-order valence-electron chi connectivity index (χ3n) is 6.10. The van der Waals surface area contributed by atoms with Crippen LogP contribution < -0.4 is 4.74 Å². The molecule has 0 unspecified atom stereocenters. The van der Waals surface area contributed by atoms with E-state index in [1.54, 1.807) is 19.4 Å². The van der Waals surface area contributed by atoms with Gasteiger partial charge in [0.2, 0.25) is 0 Å². The molecule has 0 bridgehead atoms. The van der Waals surface area contributed by atoms with Crippen molar-refractivity contribution in [1.29, 1.82) is 0 Å². The number of ether oxygens (including phenoxy) is 1. The number of hydrogen-bond donors (Lipinski definition) is 2. The average Bonchev–Trinajstić information content (AvgIpc) is 3.14. The van der Waals surface area contributed by atoms with Crippen LogP contribution in [0.25, 0.3) is 10.9 Å². The minimum atomic E-state index is -0.852. The van der Waals surface area contributed by atoms with Gasteiger partial charge in [0.1, 0.15) is 11.8 Å². The number of piperazine rings is 1. The summed E-state index contributed by atoms with van der Waals surface area (Å²) in [6, 6.07) is 4.79. The molecule has 4 rings (SSSR count). The fourth-order valence-corrected chi connectivity index (χ4v) is 4.62. The summed E-state index contributed by atoms with van der Waals surface area (Å²) in [7, 11) is 1.68. The van der Waals surface area contributed by atoms with E-state index in [2.05, 4.69) is 14.9 Å². The highest BCUT2D eigenvalue weighted by Gasteiger charge is 2.32. The van der Waals surface area contributed by atoms with Crippen molar-refractivity contribution in [2.75, 3.05) is 33.3 Å². The smallest absolute Gasteiger partial charge is 0.325 e. The number of carbonyl (C=O) groups is 1. The van der Waals surface area contributed by atoms with Crippen LogP contribution in [-0.4, -0.2) is 64.1 Å². The predicted octanol–water partition coefficient (Wildman–Crippen LogP) is 3.79. The van der Waals surface area contributed by atoms with Gasteiger partial charge in [-0.15, -0.1) is 0 Å². The Hall–Kier alpha value is -2.61. The summed E-state index contributed by atoms with van der Waals surface area (Å²) in [5.41, 5.74) is 4.72. The molecular weight excluding hydrogens is 416 g/mol. The zero-order valence-corrected chi connectivity index (χ0v) is 18.7. The Kier molecular flexibility index (Phi) is 6.18. The highest BCUT2D eigenvalue weighted by molar-refractivity contribution is 6.31. The number of nitrogens with one attached hydrogen (secondary N) is 1. The average molecular weight is 443 g/mol. The van der Waals surface area contributed by atoms with Gasteiger partial charge in [0, 0.05) is 77.7 Å². The number of H-pyrrole nitrogens is 1. The quantitative estimate of drug-likeness (QED) is 0.604. The Bertz CT molecular complexity index is 1110. The molecule has 0 amide bonds. The van der Waals surface area contributed by atoms with E-state index in [1.807, 2.05) is 37.1 Å². The van der Waals surface area contributed by atoms with Crippen molar-refractivity contribution in [2.45, 2.75) is 26.4 Å². The van der Waals surface area contributed by atoms with Crippen molar-refractivity contribution in [3.8, 4) is 5.75 Å². The summed E-state index contributed by atoms with van der Waals surface area (Å²) in [4.78, 5) is 24.3. The number of halogens is 1. The first kappa shape index (κ1) is 21.6. The van der Waals surface area contributed by atoms with Crippen LogP contribution in [0.15, 0.2) is 30.6 Å². The van der Waals surface area contributed by atoms with Crippen molar-refractivity contribution in [1.82, 2.24) is 19.8 Å². The van der Waals surface area contributed by atoms with Crippen LogP contribution >= 0.6 is 11.6 Å². The number of carboxylic acid groups (broad SMARTS) is 1. The minimum absolute atomic E-state index is 0.596. The SMILES string of the molecule is COc1c(C)cnc(CN2CCN([C@@H](C(=O)O)c3c[nH]c4ccc(Cl)cc34)CC2)c1C.